The Balaban J connectivity index is 1.86. The van der Waals surface area contributed by atoms with Crippen molar-refractivity contribution < 1.29 is 0 Å². The number of hydrazine groups is 1. The van der Waals surface area contributed by atoms with Crippen LogP contribution in [0.2, 0.25) is 0 Å². The van der Waals surface area contributed by atoms with Gasteiger partial charge in [0.2, 0.25) is 5.95 Å². The van der Waals surface area contributed by atoms with Crippen molar-refractivity contribution in [3.8, 4) is 0 Å². The van der Waals surface area contributed by atoms with Gasteiger partial charge in [-0.3, -0.25) is 5.43 Å². The maximum Gasteiger partial charge on any atom is 0.240 e. The van der Waals surface area contributed by atoms with Gasteiger partial charge in [-0.25, -0.2) is 10.8 Å². The van der Waals surface area contributed by atoms with Gasteiger partial charge in [-0.05, 0) is 22.9 Å². The summed E-state index contributed by atoms with van der Waals surface area (Å²) in [5.74, 6) is 6.69. The molecule has 0 aliphatic rings. The molecule has 4 N–H and O–H groups in total. The second kappa shape index (κ2) is 5.59. The van der Waals surface area contributed by atoms with Gasteiger partial charge in [-0.1, -0.05) is 19.9 Å². The van der Waals surface area contributed by atoms with Crippen molar-refractivity contribution in [3.05, 3.63) is 33.8 Å². The molecule has 0 unspecified atom stereocenters. The molecule has 0 saturated carbocycles. The molecule has 3 rings (SSSR count). The van der Waals surface area contributed by atoms with E-state index < -0.39 is 0 Å². The van der Waals surface area contributed by atoms with Crippen molar-refractivity contribution in [2.45, 2.75) is 19.3 Å². The number of thiophene rings is 2. The van der Waals surface area contributed by atoms with Gasteiger partial charge < -0.3 is 5.32 Å². The summed E-state index contributed by atoms with van der Waals surface area (Å²) >= 11 is 3.35. The molecular weight excluding hydrogens is 302 g/mol. The van der Waals surface area contributed by atoms with Gasteiger partial charge in [0, 0.05) is 16.8 Å². The lowest BCUT2D eigenvalue weighted by Gasteiger charge is -2.24. The molecule has 0 aromatic carbocycles. The zero-order valence-corrected chi connectivity index (χ0v) is 13.5. The normalized spacial score (nSPS) is 11.8. The van der Waals surface area contributed by atoms with Gasteiger partial charge in [0.25, 0.3) is 0 Å². The molecule has 3 aromatic rings. The molecule has 5 nitrogen and oxygen atoms in total. The van der Waals surface area contributed by atoms with E-state index in [1.165, 1.54) is 4.88 Å². The molecule has 0 aliphatic carbocycles. The fourth-order valence-corrected chi connectivity index (χ4v) is 3.73. The lowest BCUT2D eigenvalue weighted by molar-refractivity contribution is 0.568. The Kier molecular flexibility index (Phi) is 3.79. The minimum atomic E-state index is 0.0395. The van der Waals surface area contributed by atoms with Crippen LogP contribution in [0.1, 0.15) is 18.7 Å². The summed E-state index contributed by atoms with van der Waals surface area (Å²) in [6, 6.07) is 6.28. The van der Waals surface area contributed by atoms with Crippen molar-refractivity contribution in [1.29, 1.82) is 0 Å². The molecule has 0 fully saturated rings. The largest absolute Gasteiger partial charge is 0.368 e. The summed E-state index contributed by atoms with van der Waals surface area (Å²) in [5.41, 5.74) is 2.56. The predicted molar refractivity (Wildman–Crippen MR) is 91.1 cm³/mol. The molecule has 3 aromatic heterocycles. The van der Waals surface area contributed by atoms with Gasteiger partial charge >= 0.3 is 0 Å². The van der Waals surface area contributed by atoms with Gasteiger partial charge in [-0.2, -0.15) is 4.98 Å². The second-order valence-corrected chi connectivity index (χ2v) is 7.24. The molecule has 0 saturated heterocycles. The summed E-state index contributed by atoms with van der Waals surface area (Å²) in [5, 5.41) is 8.59. The van der Waals surface area contributed by atoms with Crippen LogP contribution in [0.15, 0.2) is 29.0 Å². The molecule has 110 valence electrons. The van der Waals surface area contributed by atoms with Crippen molar-refractivity contribution in [3.63, 3.8) is 0 Å². The van der Waals surface area contributed by atoms with Crippen LogP contribution in [0.4, 0.5) is 11.8 Å². The summed E-state index contributed by atoms with van der Waals surface area (Å²) < 4.78 is 0. The first-order chi connectivity index (χ1) is 10.1. The van der Waals surface area contributed by atoms with Gasteiger partial charge in [-0.15, -0.1) is 22.7 Å². The molecule has 7 heteroatoms. The zero-order chi connectivity index (χ0) is 14.9. The Labute approximate surface area is 131 Å². The molecule has 0 atom stereocenters. The van der Waals surface area contributed by atoms with Crippen LogP contribution < -0.4 is 16.6 Å². The second-order valence-electron chi connectivity index (χ2n) is 5.39. The van der Waals surface area contributed by atoms with E-state index in [0.29, 0.717) is 5.95 Å². The number of nitrogens with zero attached hydrogens (tertiary/aromatic N) is 2. The molecular formula is C14H17N5S2. The van der Waals surface area contributed by atoms with Gasteiger partial charge in [0.1, 0.15) is 10.6 Å². The lowest BCUT2D eigenvalue weighted by Crippen LogP contribution is -2.27. The van der Waals surface area contributed by atoms with E-state index in [9.17, 15) is 0 Å². The van der Waals surface area contributed by atoms with Crippen LogP contribution in [0.25, 0.3) is 10.2 Å². The molecule has 0 bridgehead atoms. The van der Waals surface area contributed by atoms with Crippen molar-refractivity contribution in [2.24, 2.45) is 5.84 Å². The van der Waals surface area contributed by atoms with E-state index in [2.05, 4.69) is 52.1 Å². The van der Waals surface area contributed by atoms with E-state index in [0.717, 1.165) is 22.6 Å². The Bertz CT molecular complexity index is 733. The fourth-order valence-electron chi connectivity index (χ4n) is 2.11. The highest BCUT2D eigenvalue weighted by atomic mass is 32.1. The summed E-state index contributed by atoms with van der Waals surface area (Å²) in [6.07, 6.45) is 0. The minimum Gasteiger partial charge on any atom is -0.368 e. The van der Waals surface area contributed by atoms with Crippen LogP contribution in [0.5, 0.6) is 0 Å². The Morgan fingerprint density at radius 1 is 1.19 bits per heavy atom. The molecule has 3 heterocycles. The van der Waals surface area contributed by atoms with Crippen LogP contribution in [0.3, 0.4) is 0 Å². The van der Waals surface area contributed by atoms with E-state index in [-0.39, 0.29) is 5.41 Å². The topological polar surface area (TPSA) is 75.9 Å². The molecule has 0 spiro atoms. The number of nitrogen functional groups attached to an aromatic ring is 1. The van der Waals surface area contributed by atoms with Gasteiger partial charge in [0.15, 0.2) is 0 Å². The third kappa shape index (κ3) is 2.85. The Morgan fingerprint density at radius 2 is 2.05 bits per heavy atom. The number of hydrogen-bond acceptors (Lipinski definition) is 7. The van der Waals surface area contributed by atoms with Gasteiger partial charge in [0.05, 0.1) is 5.39 Å². The number of aromatic nitrogens is 2. The summed E-state index contributed by atoms with van der Waals surface area (Å²) in [6.45, 7) is 5.24. The van der Waals surface area contributed by atoms with E-state index in [1.807, 2.05) is 11.4 Å². The molecule has 0 aliphatic heterocycles. The van der Waals surface area contributed by atoms with E-state index in [1.54, 1.807) is 22.7 Å². The van der Waals surface area contributed by atoms with Crippen molar-refractivity contribution in [1.82, 2.24) is 9.97 Å². The highest BCUT2D eigenvalue weighted by molar-refractivity contribution is 7.16. The molecule has 21 heavy (non-hydrogen) atoms. The van der Waals surface area contributed by atoms with E-state index in [4.69, 9.17) is 5.84 Å². The zero-order valence-electron chi connectivity index (χ0n) is 11.9. The third-order valence-electron chi connectivity index (χ3n) is 3.34. The maximum absolute atomic E-state index is 5.44. The smallest absolute Gasteiger partial charge is 0.240 e. The first-order valence-electron chi connectivity index (χ1n) is 6.60. The average Bonchev–Trinajstić information content (AvgIpc) is 3.15. The monoisotopic (exact) mass is 319 g/mol. The predicted octanol–water partition coefficient (Wildman–Crippen LogP) is 3.43. The fraction of sp³-hybridized carbons (Fsp3) is 0.286. The first-order valence-corrected chi connectivity index (χ1v) is 8.36. The number of rotatable bonds is 5. The number of nitrogens with two attached hydrogens (primary N) is 1. The summed E-state index contributed by atoms with van der Waals surface area (Å²) in [4.78, 5) is 11.0. The van der Waals surface area contributed by atoms with Crippen LogP contribution in [-0.2, 0) is 5.41 Å². The highest BCUT2D eigenvalue weighted by Gasteiger charge is 2.22. The number of fused-ring (bicyclic) bond motifs is 1. The van der Waals surface area contributed by atoms with Crippen LogP contribution >= 0.6 is 22.7 Å². The average molecular weight is 319 g/mol. The van der Waals surface area contributed by atoms with Crippen molar-refractivity contribution >= 4 is 44.7 Å². The lowest BCUT2D eigenvalue weighted by atomic mass is 9.91. The quantitative estimate of drug-likeness (QED) is 0.496. The first kappa shape index (κ1) is 14.2. The summed E-state index contributed by atoms with van der Waals surface area (Å²) in [7, 11) is 0. The number of anilines is 2. The Hall–Kier alpha value is -1.70. The van der Waals surface area contributed by atoms with E-state index >= 15 is 0 Å². The Morgan fingerprint density at radius 3 is 2.76 bits per heavy atom. The van der Waals surface area contributed by atoms with Crippen LogP contribution in [0, 0.1) is 0 Å². The standard InChI is InChI=1S/C14H17N5S2/c1-14(2,10-4-3-6-20-10)8-16-11-9-5-7-21-12(9)18-13(17-11)19-15/h3-7H,8,15H2,1-2H3,(H2,16,17,18,19). The maximum atomic E-state index is 5.44. The minimum absolute atomic E-state index is 0.0395. The van der Waals surface area contributed by atoms with Crippen molar-refractivity contribution in [2.75, 3.05) is 17.3 Å². The molecule has 0 radical (unpaired) electrons. The number of nitrogens with one attached hydrogen (secondary N) is 2. The SMILES string of the molecule is CC(C)(CNc1nc(NN)nc2sccc12)c1cccs1. The molecule has 0 amide bonds. The highest BCUT2D eigenvalue weighted by Crippen LogP contribution is 2.30. The van der Waals surface area contributed by atoms with Crippen LogP contribution in [-0.4, -0.2) is 16.5 Å². The third-order valence-corrected chi connectivity index (χ3v) is 5.38. The number of hydrogen-bond donors (Lipinski definition) is 3.